The number of imide groups is 1. The quantitative estimate of drug-likeness (QED) is 0.713. The lowest BCUT2D eigenvalue weighted by atomic mass is 9.89. The SMILES string of the molecule is CC(C)(C)OC(=O)N1CCC(c2ccc(C(=O)NC3CCC(=O)NC3=O)c(F)c2)CC1. The van der Waals surface area contributed by atoms with Gasteiger partial charge in [-0.3, -0.25) is 19.7 Å². The fraction of sp³-hybridized carbons (Fsp3) is 0.545. The van der Waals surface area contributed by atoms with Gasteiger partial charge >= 0.3 is 6.09 Å². The van der Waals surface area contributed by atoms with E-state index in [1.165, 1.54) is 12.1 Å². The van der Waals surface area contributed by atoms with Crippen molar-refractivity contribution in [2.75, 3.05) is 13.1 Å². The second-order valence-corrected chi connectivity index (χ2v) is 8.96. The topological polar surface area (TPSA) is 105 Å². The second-order valence-electron chi connectivity index (χ2n) is 8.96. The number of ether oxygens (including phenoxy) is 1. The maximum Gasteiger partial charge on any atom is 0.410 e. The molecule has 0 aromatic heterocycles. The van der Waals surface area contributed by atoms with E-state index in [0.29, 0.717) is 25.9 Å². The summed E-state index contributed by atoms with van der Waals surface area (Å²) in [6.45, 7) is 6.48. The fourth-order valence-electron chi connectivity index (χ4n) is 3.76. The summed E-state index contributed by atoms with van der Waals surface area (Å²) in [5.74, 6) is -2.27. The second kappa shape index (κ2) is 9.03. The number of rotatable bonds is 3. The Kier molecular flexibility index (Phi) is 6.62. The van der Waals surface area contributed by atoms with Gasteiger partial charge in [0.05, 0.1) is 5.56 Å². The summed E-state index contributed by atoms with van der Waals surface area (Å²) >= 11 is 0. The van der Waals surface area contributed by atoms with Gasteiger partial charge in [0.1, 0.15) is 17.5 Å². The van der Waals surface area contributed by atoms with Gasteiger partial charge in [-0.15, -0.1) is 0 Å². The molecule has 0 saturated carbocycles. The van der Waals surface area contributed by atoms with Crippen molar-refractivity contribution in [3.05, 3.63) is 35.1 Å². The maximum absolute atomic E-state index is 14.7. The average Bonchev–Trinajstić information content (AvgIpc) is 2.68. The molecular formula is C22H28FN3O5. The van der Waals surface area contributed by atoms with Crippen molar-refractivity contribution >= 4 is 23.8 Å². The Morgan fingerprint density at radius 2 is 1.84 bits per heavy atom. The van der Waals surface area contributed by atoms with Crippen molar-refractivity contribution in [1.29, 1.82) is 0 Å². The van der Waals surface area contributed by atoms with Crippen LogP contribution in [0.15, 0.2) is 18.2 Å². The van der Waals surface area contributed by atoms with Gasteiger partial charge in [-0.25, -0.2) is 9.18 Å². The predicted octanol–water partition coefficient (Wildman–Crippen LogP) is 2.48. The molecule has 2 N–H and O–H groups in total. The molecule has 0 radical (unpaired) electrons. The van der Waals surface area contributed by atoms with Crippen LogP contribution in [-0.4, -0.2) is 53.4 Å². The standard InChI is InChI=1S/C22H28FN3O5/c1-22(2,3)31-21(30)26-10-8-13(9-11-26)14-4-5-15(16(23)12-14)19(28)24-17-6-7-18(27)25-20(17)29/h4-5,12-13,17H,6-11H2,1-3H3,(H,24,28)(H,25,27,29). The van der Waals surface area contributed by atoms with Gasteiger partial charge in [0, 0.05) is 19.5 Å². The minimum absolute atomic E-state index is 0.0698. The number of nitrogens with one attached hydrogen (secondary N) is 2. The Bertz CT molecular complexity index is 888. The first-order chi connectivity index (χ1) is 14.5. The first kappa shape index (κ1) is 22.7. The smallest absolute Gasteiger partial charge is 0.410 e. The number of amides is 4. The molecule has 9 heteroatoms. The van der Waals surface area contributed by atoms with Gasteiger partial charge in [0.2, 0.25) is 11.8 Å². The Morgan fingerprint density at radius 3 is 2.42 bits per heavy atom. The molecule has 0 aliphatic carbocycles. The number of hydrogen-bond donors (Lipinski definition) is 2. The van der Waals surface area contributed by atoms with E-state index < -0.39 is 29.3 Å². The summed E-state index contributed by atoms with van der Waals surface area (Å²) in [5.41, 5.74) is 0.0555. The van der Waals surface area contributed by atoms with Gasteiger partial charge in [0.25, 0.3) is 5.91 Å². The van der Waals surface area contributed by atoms with Gasteiger partial charge < -0.3 is 15.0 Å². The number of carbonyl (C=O) groups is 4. The van der Waals surface area contributed by atoms with Crippen LogP contribution >= 0.6 is 0 Å². The molecule has 2 saturated heterocycles. The van der Waals surface area contributed by atoms with Crippen LogP contribution in [0.1, 0.15) is 68.3 Å². The lowest BCUT2D eigenvalue weighted by molar-refractivity contribution is -0.134. The molecular weight excluding hydrogens is 405 g/mol. The minimum atomic E-state index is -0.860. The molecule has 1 unspecified atom stereocenters. The van der Waals surface area contributed by atoms with Crippen LogP contribution in [0.5, 0.6) is 0 Å². The summed E-state index contributed by atoms with van der Waals surface area (Å²) in [6, 6.07) is 3.59. The molecule has 2 heterocycles. The van der Waals surface area contributed by atoms with E-state index >= 15 is 0 Å². The summed E-state index contributed by atoms with van der Waals surface area (Å²) in [5, 5.41) is 4.63. The van der Waals surface area contributed by atoms with Gasteiger partial charge in [-0.1, -0.05) is 6.07 Å². The van der Waals surface area contributed by atoms with Crippen molar-refractivity contribution in [2.45, 2.75) is 64.0 Å². The molecule has 4 amide bonds. The highest BCUT2D eigenvalue weighted by Gasteiger charge is 2.30. The first-order valence-electron chi connectivity index (χ1n) is 10.5. The third-order valence-corrected chi connectivity index (χ3v) is 5.40. The lowest BCUT2D eigenvalue weighted by Crippen LogP contribution is -2.52. The lowest BCUT2D eigenvalue weighted by Gasteiger charge is -2.33. The molecule has 1 aromatic carbocycles. The Balaban J connectivity index is 1.58. The zero-order valence-corrected chi connectivity index (χ0v) is 18.0. The number of halogens is 1. The molecule has 31 heavy (non-hydrogen) atoms. The number of piperidine rings is 2. The Hall–Kier alpha value is -2.97. The van der Waals surface area contributed by atoms with Gasteiger partial charge in [-0.2, -0.15) is 0 Å². The van der Waals surface area contributed by atoms with Crippen LogP contribution in [0.25, 0.3) is 0 Å². The van der Waals surface area contributed by atoms with Crippen LogP contribution in [0, 0.1) is 5.82 Å². The van der Waals surface area contributed by atoms with E-state index in [1.807, 2.05) is 20.8 Å². The van der Waals surface area contributed by atoms with Gasteiger partial charge in [0.15, 0.2) is 0 Å². The van der Waals surface area contributed by atoms with E-state index in [2.05, 4.69) is 10.6 Å². The van der Waals surface area contributed by atoms with E-state index in [-0.39, 0.29) is 36.3 Å². The maximum atomic E-state index is 14.7. The number of hydrogen-bond acceptors (Lipinski definition) is 5. The van der Waals surface area contributed by atoms with Crippen molar-refractivity contribution in [3.8, 4) is 0 Å². The monoisotopic (exact) mass is 433 g/mol. The summed E-state index contributed by atoms with van der Waals surface area (Å²) in [6.07, 6.45) is 1.30. The third-order valence-electron chi connectivity index (χ3n) is 5.40. The van der Waals surface area contributed by atoms with E-state index in [1.54, 1.807) is 11.0 Å². The Labute approximate surface area is 180 Å². The molecule has 2 aliphatic heterocycles. The largest absolute Gasteiger partial charge is 0.444 e. The average molecular weight is 433 g/mol. The van der Waals surface area contributed by atoms with E-state index in [9.17, 15) is 23.6 Å². The van der Waals surface area contributed by atoms with Gasteiger partial charge in [-0.05, 0) is 63.6 Å². The van der Waals surface area contributed by atoms with Crippen molar-refractivity contribution < 1.29 is 28.3 Å². The highest BCUT2D eigenvalue weighted by Crippen LogP contribution is 2.30. The fourth-order valence-corrected chi connectivity index (χ4v) is 3.76. The summed E-state index contributed by atoms with van der Waals surface area (Å²) < 4.78 is 20.1. The summed E-state index contributed by atoms with van der Waals surface area (Å²) in [4.78, 5) is 49.2. The number of likely N-dealkylation sites (tertiary alicyclic amines) is 1. The van der Waals surface area contributed by atoms with Crippen molar-refractivity contribution in [2.24, 2.45) is 0 Å². The van der Waals surface area contributed by atoms with Crippen molar-refractivity contribution in [3.63, 3.8) is 0 Å². The molecule has 8 nitrogen and oxygen atoms in total. The highest BCUT2D eigenvalue weighted by molar-refractivity contribution is 6.03. The number of nitrogens with zero attached hydrogens (tertiary/aromatic N) is 1. The van der Waals surface area contributed by atoms with Crippen LogP contribution in [-0.2, 0) is 14.3 Å². The number of benzene rings is 1. The zero-order valence-electron chi connectivity index (χ0n) is 18.0. The molecule has 0 bridgehead atoms. The first-order valence-corrected chi connectivity index (χ1v) is 10.5. The predicted molar refractivity (Wildman–Crippen MR) is 110 cm³/mol. The molecule has 0 spiro atoms. The van der Waals surface area contributed by atoms with Crippen molar-refractivity contribution in [1.82, 2.24) is 15.5 Å². The van der Waals surface area contributed by atoms with Crippen LogP contribution in [0.2, 0.25) is 0 Å². The normalized spacial score (nSPS) is 20.3. The highest BCUT2D eigenvalue weighted by atomic mass is 19.1. The molecule has 1 aromatic rings. The third kappa shape index (κ3) is 5.80. The number of carbonyl (C=O) groups excluding carboxylic acids is 4. The molecule has 168 valence electrons. The molecule has 3 rings (SSSR count). The Morgan fingerprint density at radius 1 is 1.16 bits per heavy atom. The van der Waals surface area contributed by atoms with E-state index in [4.69, 9.17) is 4.74 Å². The minimum Gasteiger partial charge on any atom is -0.444 e. The van der Waals surface area contributed by atoms with Crippen LogP contribution < -0.4 is 10.6 Å². The van der Waals surface area contributed by atoms with Crippen LogP contribution in [0.3, 0.4) is 0 Å². The molecule has 2 fully saturated rings. The summed E-state index contributed by atoms with van der Waals surface area (Å²) in [7, 11) is 0. The van der Waals surface area contributed by atoms with E-state index in [0.717, 1.165) is 5.56 Å². The van der Waals surface area contributed by atoms with Crippen LogP contribution in [0.4, 0.5) is 9.18 Å². The molecule has 2 aliphatic rings. The zero-order chi connectivity index (χ0) is 22.8. The molecule has 1 atom stereocenters.